The normalized spacial score (nSPS) is 17.4. The highest BCUT2D eigenvalue weighted by Gasteiger charge is 2.28. The Hall–Kier alpha value is -3.15. The Morgan fingerprint density at radius 3 is 2.64 bits per heavy atom. The highest BCUT2D eigenvalue weighted by atomic mass is 35.5. The number of anilines is 4. The molecule has 4 N–H and O–H groups in total. The molecule has 2 aromatic carbocycles. The summed E-state index contributed by atoms with van der Waals surface area (Å²) in [6, 6.07) is 11.9. The maximum atomic E-state index is 12.3. The van der Waals surface area contributed by atoms with Crippen molar-refractivity contribution in [1.29, 1.82) is 0 Å². The quantitative estimate of drug-likeness (QED) is 0.262. The van der Waals surface area contributed by atoms with Crippen molar-refractivity contribution in [3.8, 4) is 5.75 Å². The maximum absolute atomic E-state index is 12.3. The summed E-state index contributed by atoms with van der Waals surface area (Å²) < 4.78 is 5.95. The van der Waals surface area contributed by atoms with E-state index >= 15 is 0 Å². The molecule has 2 heterocycles. The Labute approximate surface area is 258 Å². The molecule has 10 nitrogen and oxygen atoms in total. The van der Waals surface area contributed by atoms with E-state index in [4.69, 9.17) is 16.3 Å². The van der Waals surface area contributed by atoms with Crippen LogP contribution >= 0.6 is 24.0 Å². The van der Waals surface area contributed by atoms with Gasteiger partial charge in [-0.05, 0) is 55.0 Å². The number of ether oxygens (including phenoxy) is 1. The summed E-state index contributed by atoms with van der Waals surface area (Å²) in [4.78, 5) is 26.3. The summed E-state index contributed by atoms with van der Waals surface area (Å²) in [6.45, 7) is 5.06. The van der Waals surface area contributed by atoms with Gasteiger partial charge in [-0.1, -0.05) is 29.8 Å². The molecule has 1 aliphatic carbocycles. The highest BCUT2D eigenvalue weighted by Crippen LogP contribution is 2.38. The third kappa shape index (κ3) is 7.25. The number of para-hydroxylation sites is 1. The van der Waals surface area contributed by atoms with Gasteiger partial charge in [0.25, 0.3) is 5.91 Å². The van der Waals surface area contributed by atoms with Crippen LogP contribution in [-0.2, 0) is 12.8 Å². The lowest BCUT2D eigenvalue weighted by Gasteiger charge is -2.39. The van der Waals surface area contributed by atoms with Gasteiger partial charge in [-0.25, -0.2) is 4.98 Å². The van der Waals surface area contributed by atoms with Gasteiger partial charge in [0.05, 0.1) is 36.9 Å². The number of aromatic nitrogens is 2. The van der Waals surface area contributed by atoms with E-state index in [0.717, 1.165) is 69.8 Å². The fraction of sp³-hybridized carbons (Fsp3) is 0.433. The van der Waals surface area contributed by atoms with Gasteiger partial charge in [-0.2, -0.15) is 4.98 Å². The fourth-order valence-corrected chi connectivity index (χ4v) is 5.97. The third-order valence-corrected chi connectivity index (χ3v) is 8.24. The van der Waals surface area contributed by atoms with E-state index in [1.165, 1.54) is 17.3 Å². The Morgan fingerprint density at radius 2 is 1.90 bits per heavy atom. The molecule has 12 heteroatoms. The monoisotopic (exact) mass is 615 g/mol. The predicted octanol–water partition coefficient (Wildman–Crippen LogP) is 4.26. The number of piperazine rings is 1. The molecule has 0 bridgehead atoms. The largest absolute Gasteiger partial charge is 0.494 e. The van der Waals surface area contributed by atoms with Crippen LogP contribution in [0.25, 0.3) is 0 Å². The molecule has 1 aliphatic heterocycles. The summed E-state index contributed by atoms with van der Waals surface area (Å²) >= 11 is 6.43. The van der Waals surface area contributed by atoms with Gasteiger partial charge in [0.1, 0.15) is 10.8 Å². The lowest BCUT2D eigenvalue weighted by molar-refractivity contribution is 0.0805. The zero-order valence-electron chi connectivity index (χ0n) is 24.0. The third-order valence-electron chi connectivity index (χ3n) is 7.96. The number of nitrogens with zero attached hydrogens (tertiary/aromatic N) is 4. The molecule has 0 spiro atoms. The number of aliphatic hydroxyl groups excluding tert-OH is 1. The predicted molar refractivity (Wildman–Crippen MR) is 169 cm³/mol. The first kappa shape index (κ1) is 31.8. The lowest BCUT2D eigenvalue weighted by atomic mass is 9.98. The number of halogens is 2. The van der Waals surface area contributed by atoms with Gasteiger partial charge in [0.15, 0.2) is 5.82 Å². The van der Waals surface area contributed by atoms with Gasteiger partial charge >= 0.3 is 0 Å². The van der Waals surface area contributed by atoms with Gasteiger partial charge in [0, 0.05) is 45.8 Å². The van der Waals surface area contributed by atoms with E-state index < -0.39 is 0 Å². The van der Waals surface area contributed by atoms with Crippen molar-refractivity contribution in [3.63, 3.8) is 0 Å². The van der Waals surface area contributed by atoms with Crippen molar-refractivity contribution in [2.75, 3.05) is 64.1 Å². The fourth-order valence-electron chi connectivity index (χ4n) is 5.83. The molecular weight excluding hydrogens is 577 g/mol. The summed E-state index contributed by atoms with van der Waals surface area (Å²) in [5.41, 5.74) is 4.41. The molecule has 42 heavy (non-hydrogen) atoms. The van der Waals surface area contributed by atoms with Crippen LogP contribution in [-0.4, -0.2) is 90.3 Å². The molecule has 1 atom stereocenters. The number of benzene rings is 2. The minimum absolute atomic E-state index is 0. The molecule has 3 aromatic rings. The Balaban J connectivity index is 0.00000405. The number of hydrogen-bond acceptors (Lipinski definition) is 9. The number of carbonyl (C=O) groups is 1. The second-order valence-corrected chi connectivity index (χ2v) is 10.8. The Kier molecular flexibility index (Phi) is 11.2. The van der Waals surface area contributed by atoms with Crippen LogP contribution in [0.3, 0.4) is 0 Å². The molecule has 5 rings (SSSR count). The van der Waals surface area contributed by atoms with Crippen molar-refractivity contribution in [1.82, 2.24) is 25.1 Å². The summed E-state index contributed by atoms with van der Waals surface area (Å²) in [5.74, 6) is 1.35. The molecule has 226 valence electrons. The van der Waals surface area contributed by atoms with Crippen LogP contribution < -0.4 is 20.7 Å². The van der Waals surface area contributed by atoms with Gasteiger partial charge in [-0.3, -0.25) is 14.6 Å². The zero-order chi connectivity index (χ0) is 28.8. The molecule has 0 radical (unpaired) electrons. The lowest BCUT2D eigenvalue weighted by Crippen LogP contribution is -2.51. The van der Waals surface area contributed by atoms with E-state index in [1.54, 1.807) is 32.4 Å². The average molecular weight is 617 g/mol. The van der Waals surface area contributed by atoms with Crippen LogP contribution in [0.5, 0.6) is 5.75 Å². The SMILES string of the molecule is CNC(=O)c1ccccc1Nc1nc(Nc2ccc3c(c2OC)CCC[C@H](N2CCN(CCO)CC2)C3)ncc1Cl.Cl. The topological polar surface area (TPSA) is 115 Å². The number of nitrogens with one attached hydrogen (secondary N) is 3. The van der Waals surface area contributed by atoms with E-state index in [9.17, 15) is 9.90 Å². The van der Waals surface area contributed by atoms with Crippen molar-refractivity contribution >= 4 is 53.1 Å². The molecule has 1 saturated heterocycles. The van der Waals surface area contributed by atoms with Crippen LogP contribution in [0.15, 0.2) is 42.6 Å². The number of aliphatic hydroxyl groups is 1. The highest BCUT2D eigenvalue weighted by molar-refractivity contribution is 6.33. The number of β-amino-alcohol motifs (C(OH)–C–C–N with tert-alkyl or cyclic N) is 1. The molecule has 2 aliphatic rings. The number of methoxy groups -OCH3 is 1. The number of rotatable bonds is 9. The zero-order valence-corrected chi connectivity index (χ0v) is 25.6. The average Bonchev–Trinajstić information content (AvgIpc) is 3.22. The van der Waals surface area contributed by atoms with Crippen molar-refractivity contribution in [2.24, 2.45) is 0 Å². The standard InChI is InChI=1S/C30H38ClN7O3.ClH/c1-32-29(40)23-7-3-4-9-25(23)34-28-24(31)19-33-30(36-28)35-26-11-10-20-18-21(6-5-8-22(20)27(26)41-2)38-14-12-37(13-15-38)16-17-39;/h3-4,7,9-11,19,21,39H,5-6,8,12-18H2,1-2H3,(H,32,40)(H2,33,34,35,36);1H/t21-;/m0./s1. The van der Waals surface area contributed by atoms with Crippen molar-refractivity contribution in [2.45, 2.75) is 31.7 Å². The molecule has 1 aromatic heterocycles. The number of amides is 1. The second-order valence-electron chi connectivity index (χ2n) is 10.4. The van der Waals surface area contributed by atoms with Crippen LogP contribution in [0.4, 0.5) is 23.1 Å². The van der Waals surface area contributed by atoms with Crippen molar-refractivity contribution in [3.05, 3.63) is 64.3 Å². The molecule has 1 amide bonds. The van der Waals surface area contributed by atoms with Crippen LogP contribution in [0, 0.1) is 0 Å². The molecule has 1 fully saturated rings. The second kappa shape index (κ2) is 14.8. The van der Waals surface area contributed by atoms with E-state index in [-0.39, 0.29) is 24.9 Å². The number of fused-ring (bicyclic) bond motifs is 1. The molecule has 0 saturated carbocycles. The van der Waals surface area contributed by atoms with E-state index in [1.807, 2.05) is 12.1 Å². The number of hydrogen-bond donors (Lipinski definition) is 4. The van der Waals surface area contributed by atoms with Gasteiger partial charge in [-0.15, -0.1) is 12.4 Å². The summed E-state index contributed by atoms with van der Waals surface area (Å²) in [5, 5.41) is 18.8. The first-order valence-corrected chi connectivity index (χ1v) is 14.5. The van der Waals surface area contributed by atoms with Gasteiger partial charge < -0.3 is 25.8 Å². The first-order chi connectivity index (χ1) is 20.0. The summed E-state index contributed by atoms with van der Waals surface area (Å²) in [7, 11) is 3.29. The summed E-state index contributed by atoms with van der Waals surface area (Å²) in [6.07, 6.45) is 5.70. The molecule has 0 unspecified atom stereocenters. The Morgan fingerprint density at radius 1 is 1.12 bits per heavy atom. The van der Waals surface area contributed by atoms with Crippen molar-refractivity contribution < 1.29 is 14.6 Å². The number of carbonyl (C=O) groups excluding carboxylic acids is 1. The molecular formula is C30H39Cl2N7O3. The minimum atomic E-state index is -0.211. The van der Waals surface area contributed by atoms with E-state index in [2.05, 4.69) is 41.8 Å². The van der Waals surface area contributed by atoms with E-state index in [0.29, 0.717) is 34.1 Å². The first-order valence-electron chi connectivity index (χ1n) is 14.1. The Bertz CT molecular complexity index is 1370. The van der Waals surface area contributed by atoms with Gasteiger partial charge in [0.2, 0.25) is 5.95 Å². The smallest absolute Gasteiger partial charge is 0.253 e. The maximum Gasteiger partial charge on any atom is 0.253 e. The minimum Gasteiger partial charge on any atom is -0.494 e. The van der Waals surface area contributed by atoms with Crippen LogP contribution in [0.2, 0.25) is 5.02 Å². The van der Waals surface area contributed by atoms with Crippen LogP contribution in [0.1, 0.15) is 34.3 Å².